The highest BCUT2D eigenvalue weighted by atomic mass is 32.2. The maximum Gasteiger partial charge on any atom is 0.336 e. The molecule has 3 aromatic carbocycles. The molecule has 3 aliphatic rings. The van der Waals surface area contributed by atoms with Crippen LogP contribution in [0.4, 0.5) is 11.5 Å². The van der Waals surface area contributed by atoms with Gasteiger partial charge in [-0.05, 0) is 86.6 Å². The number of nitrogens with two attached hydrogens (primary N) is 1. The summed E-state index contributed by atoms with van der Waals surface area (Å²) in [6.07, 6.45) is 3.81. The summed E-state index contributed by atoms with van der Waals surface area (Å²) in [7, 11) is 0. The zero-order valence-corrected chi connectivity index (χ0v) is 34.4. The lowest BCUT2D eigenvalue weighted by atomic mass is 9.90. The van der Waals surface area contributed by atoms with Crippen molar-refractivity contribution in [1.29, 1.82) is 0 Å². The largest absolute Gasteiger partial charge is 0.508 e. The molecule has 0 saturated carbocycles. The molecule has 60 heavy (non-hydrogen) atoms. The molecular formula is C42H34N8O7S3. The van der Waals surface area contributed by atoms with Crippen LogP contribution in [0.1, 0.15) is 30.6 Å². The maximum atomic E-state index is 12.9. The average Bonchev–Trinajstić information content (AvgIpc) is 3.99. The number of carboxylic acid groups (broad SMARTS) is 1. The minimum absolute atomic E-state index is 0.00530. The lowest BCUT2D eigenvalue weighted by Crippen LogP contribution is -2.40. The number of nitrogen functional groups attached to an aromatic ring is 1. The van der Waals surface area contributed by atoms with Gasteiger partial charge in [-0.2, -0.15) is 0 Å². The molecule has 302 valence electrons. The number of nitrogens with one attached hydrogen (secondary N) is 1. The van der Waals surface area contributed by atoms with E-state index in [2.05, 4.69) is 20.3 Å². The average molecular weight is 859 g/mol. The van der Waals surface area contributed by atoms with Gasteiger partial charge in [0.2, 0.25) is 6.79 Å². The molecule has 0 spiro atoms. The number of thiazole rings is 1. The molecule has 0 saturated heterocycles. The Morgan fingerprint density at radius 1 is 1.03 bits per heavy atom. The number of hydrogen-bond acceptors (Lipinski definition) is 14. The summed E-state index contributed by atoms with van der Waals surface area (Å²) in [6.45, 7) is 5.24. The number of aromatic carboxylic acids is 1. The van der Waals surface area contributed by atoms with Crippen LogP contribution in [0.2, 0.25) is 0 Å². The van der Waals surface area contributed by atoms with E-state index in [1.807, 2.05) is 40.8 Å². The Bertz CT molecular complexity index is 3010. The zero-order chi connectivity index (χ0) is 41.7. The molecule has 9 rings (SSSR count). The second-order valence-corrected chi connectivity index (χ2v) is 16.4. The molecule has 6 aromatic rings. The molecule has 1 aliphatic carbocycles. The monoisotopic (exact) mass is 858 g/mol. The number of carbonyl (C=O) groups is 1. The number of thiocarbonyl (C=S) groups is 1. The van der Waals surface area contributed by atoms with Crippen molar-refractivity contribution in [3.8, 4) is 50.3 Å². The van der Waals surface area contributed by atoms with Crippen LogP contribution in [-0.2, 0) is 6.54 Å². The number of phenolic OH excluding ortho intramolecular Hbond substituents is 1. The third-order valence-corrected chi connectivity index (χ3v) is 12.2. The standard InChI is InChI=1S/C42H34N8O7S3/c1-21(2)49(41(58)47-22-4-7-25(28(14-22)40(53)54)35-26-8-5-23(51)15-30(26)57-31-16-24(52)6-9-27(31)35)11-3-12-50-38-36(37(43)45-19-46-38)48-42(50)60-34-18-33-32(55-20-56-33)17-29(34)39-44-10-13-59-39/h4-10,13-19,21,51H,3,11-12,20H2,1-2H3,(H,47,58)(H,53,54)(H2,43,45,46). The van der Waals surface area contributed by atoms with E-state index >= 15 is 0 Å². The number of benzene rings is 4. The third kappa shape index (κ3) is 7.29. The summed E-state index contributed by atoms with van der Waals surface area (Å²) in [5, 5.41) is 28.3. The van der Waals surface area contributed by atoms with Crippen LogP contribution >= 0.6 is 35.3 Å². The number of aryl methyl sites for hydroxylation is 1. The van der Waals surface area contributed by atoms with E-state index in [1.165, 1.54) is 59.8 Å². The summed E-state index contributed by atoms with van der Waals surface area (Å²) in [5.74, 6) is 0.629. The summed E-state index contributed by atoms with van der Waals surface area (Å²) in [6, 6.07) is 17.8. The van der Waals surface area contributed by atoms with Gasteiger partial charge in [0.05, 0.1) is 5.56 Å². The number of anilines is 2. The van der Waals surface area contributed by atoms with Crippen LogP contribution in [0.15, 0.2) is 104 Å². The number of rotatable bonds is 11. The molecular weight excluding hydrogens is 825 g/mol. The number of hydrogen-bond donors (Lipinski definition) is 4. The van der Waals surface area contributed by atoms with Crippen LogP contribution in [0, 0.1) is 0 Å². The van der Waals surface area contributed by atoms with E-state index in [0.29, 0.717) is 85.8 Å². The van der Waals surface area contributed by atoms with Gasteiger partial charge in [-0.1, -0.05) is 17.8 Å². The number of fused-ring (bicyclic) bond motifs is 4. The quantitative estimate of drug-likeness (QED) is 0.0715. The van der Waals surface area contributed by atoms with Crippen LogP contribution in [0.5, 0.6) is 17.2 Å². The minimum atomic E-state index is -1.16. The zero-order valence-electron chi connectivity index (χ0n) is 31.9. The van der Waals surface area contributed by atoms with E-state index in [-0.39, 0.29) is 41.2 Å². The second-order valence-electron chi connectivity index (χ2n) is 14.1. The van der Waals surface area contributed by atoms with Crippen molar-refractivity contribution in [2.45, 2.75) is 42.9 Å². The molecule has 0 fully saturated rings. The SMILES string of the molecule is CC(C)N(CCCn1c(Sc2cc3c(cc2-c2nccs2)OCO3)nc2c(N)ncnc21)C(=S)Nc1ccc(-c2c3ccc(=O)cc-3oc3cc(O)ccc23)c(C(=O)O)c1. The van der Waals surface area contributed by atoms with Gasteiger partial charge in [-0.15, -0.1) is 11.3 Å². The molecule has 3 aromatic heterocycles. The molecule has 5 heterocycles. The lowest BCUT2D eigenvalue weighted by Gasteiger charge is -2.30. The molecule has 2 aliphatic heterocycles. The lowest BCUT2D eigenvalue weighted by molar-refractivity contribution is 0.0697. The highest BCUT2D eigenvalue weighted by Gasteiger charge is 2.25. The molecule has 15 nitrogen and oxygen atoms in total. The van der Waals surface area contributed by atoms with Gasteiger partial charge in [0.15, 0.2) is 44.2 Å². The van der Waals surface area contributed by atoms with Gasteiger partial charge in [0.1, 0.15) is 28.4 Å². The maximum absolute atomic E-state index is 12.9. The molecule has 0 atom stereocenters. The molecule has 18 heteroatoms. The Morgan fingerprint density at radius 2 is 1.85 bits per heavy atom. The summed E-state index contributed by atoms with van der Waals surface area (Å²) in [5.41, 5.74) is 10.3. The first-order chi connectivity index (χ1) is 29.0. The van der Waals surface area contributed by atoms with Crippen LogP contribution in [0.3, 0.4) is 0 Å². The molecule has 0 bridgehead atoms. The normalized spacial score (nSPS) is 12.2. The second kappa shape index (κ2) is 15.8. The Labute approximate surface area is 354 Å². The molecule has 0 unspecified atom stereocenters. The van der Waals surface area contributed by atoms with Crippen molar-refractivity contribution in [3.05, 3.63) is 100 Å². The number of aromatic nitrogens is 5. The first-order valence-corrected chi connectivity index (χ1v) is 20.8. The van der Waals surface area contributed by atoms with Gasteiger partial charge in [-0.25, -0.2) is 24.7 Å². The van der Waals surface area contributed by atoms with Crippen LogP contribution in [-0.4, -0.2) is 70.1 Å². The Kier molecular flexibility index (Phi) is 10.2. The van der Waals surface area contributed by atoms with Crippen molar-refractivity contribution in [2.75, 3.05) is 24.4 Å². The molecule has 5 N–H and O–H groups in total. The van der Waals surface area contributed by atoms with E-state index < -0.39 is 5.97 Å². The molecule has 0 radical (unpaired) electrons. The topological polar surface area (TPSA) is 204 Å². The highest BCUT2D eigenvalue weighted by molar-refractivity contribution is 7.99. The number of imidazole rings is 1. The number of carboxylic acids is 1. The third-order valence-electron chi connectivity index (χ3n) is 9.98. The first kappa shape index (κ1) is 38.7. The minimum Gasteiger partial charge on any atom is -0.508 e. The fraction of sp³-hybridized carbons (Fsp3) is 0.167. The fourth-order valence-electron chi connectivity index (χ4n) is 7.20. The number of aromatic hydroxyl groups is 1. The van der Waals surface area contributed by atoms with E-state index in [0.717, 1.165) is 15.5 Å². The van der Waals surface area contributed by atoms with Crippen LogP contribution < -0.4 is 26.0 Å². The van der Waals surface area contributed by atoms with Crippen LogP contribution in [0.25, 0.3) is 55.2 Å². The van der Waals surface area contributed by atoms with Crippen molar-refractivity contribution in [3.63, 3.8) is 0 Å². The van der Waals surface area contributed by atoms with Gasteiger partial charge in [0.25, 0.3) is 0 Å². The summed E-state index contributed by atoms with van der Waals surface area (Å²) >= 11 is 8.91. The van der Waals surface area contributed by atoms with E-state index in [9.17, 15) is 19.8 Å². The predicted octanol–water partition coefficient (Wildman–Crippen LogP) is 8.19. The number of nitrogens with zero attached hydrogens (tertiary/aromatic N) is 6. The first-order valence-electron chi connectivity index (χ1n) is 18.7. The van der Waals surface area contributed by atoms with Crippen molar-refractivity contribution in [1.82, 2.24) is 29.4 Å². The van der Waals surface area contributed by atoms with Crippen molar-refractivity contribution in [2.24, 2.45) is 0 Å². The van der Waals surface area contributed by atoms with Gasteiger partial charge < -0.3 is 44.6 Å². The smallest absolute Gasteiger partial charge is 0.336 e. The fourth-order valence-corrected chi connectivity index (χ4v) is 9.40. The van der Waals surface area contributed by atoms with Gasteiger partial charge in [-0.3, -0.25) is 4.79 Å². The van der Waals surface area contributed by atoms with Crippen molar-refractivity contribution >= 4 is 80.0 Å². The highest BCUT2D eigenvalue weighted by Crippen LogP contribution is 2.46. The Balaban J connectivity index is 0.980. The van der Waals surface area contributed by atoms with E-state index in [1.54, 1.807) is 30.5 Å². The Morgan fingerprint density at radius 3 is 2.63 bits per heavy atom. The van der Waals surface area contributed by atoms with Gasteiger partial charge in [0, 0.05) is 75.5 Å². The van der Waals surface area contributed by atoms with Crippen molar-refractivity contribution < 1.29 is 28.9 Å². The summed E-state index contributed by atoms with van der Waals surface area (Å²) < 4.78 is 19.4. The van der Waals surface area contributed by atoms with E-state index in [4.69, 9.17) is 36.8 Å². The predicted molar refractivity (Wildman–Crippen MR) is 233 cm³/mol. The number of phenols is 1. The Hall–Kier alpha value is -6.76. The van der Waals surface area contributed by atoms with Gasteiger partial charge >= 0.3 is 5.97 Å². The molecule has 0 amide bonds. The number of ether oxygens (including phenoxy) is 2. The summed E-state index contributed by atoms with van der Waals surface area (Å²) in [4.78, 5) is 46.2.